The number of amides is 3. The molecule has 0 aromatic heterocycles. The van der Waals surface area contributed by atoms with Crippen molar-refractivity contribution >= 4 is 23.9 Å². The van der Waals surface area contributed by atoms with Gasteiger partial charge in [0.1, 0.15) is 17.7 Å². The molecule has 1 aliphatic heterocycles. The lowest BCUT2D eigenvalue weighted by atomic mass is 9.93. The number of likely N-dealkylation sites (tertiary alicyclic amines) is 1. The minimum Gasteiger partial charge on any atom is -0.480 e. The largest absolute Gasteiger partial charge is 0.480 e. The number of aliphatic carboxylic acids is 1. The summed E-state index contributed by atoms with van der Waals surface area (Å²) in [6.45, 7) is 9.64. The average Bonchev–Trinajstić information content (AvgIpc) is 2.80. The Balaban J connectivity index is 2.03. The van der Waals surface area contributed by atoms with E-state index in [4.69, 9.17) is 4.74 Å². The summed E-state index contributed by atoms with van der Waals surface area (Å²) >= 11 is 0. The summed E-state index contributed by atoms with van der Waals surface area (Å²) in [5.74, 6) is -2.12. The van der Waals surface area contributed by atoms with Crippen LogP contribution in [0.2, 0.25) is 0 Å². The second-order valence-corrected chi connectivity index (χ2v) is 10.2. The third kappa shape index (κ3) is 8.88. The van der Waals surface area contributed by atoms with E-state index in [1.807, 2.05) is 37.3 Å². The SMILES string of the molecule is CC[C@H](C)[C@H](NC(=O)C1CCN(C(=O)[C@H](Cc2ccccc2)NC(=O)OC(C)(C)C)CC1)C(=O)O. The van der Waals surface area contributed by atoms with E-state index in [9.17, 15) is 24.3 Å². The molecule has 0 saturated carbocycles. The number of carboxylic acid groups (broad SMARTS) is 1. The quantitative estimate of drug-likeness (QED) is 0.490. The number of hydrogen-bond donors (Lipinski definition) is 3. The molecule has 0 bridgehead atoms. The molecule has 1 aromatic rings. The van der Waals surface area contributed by atoms with E-state index in [1.54, 1.807) is 32.6 Å². The zero-order valence-corrected chi connectivity index (χ0v) is 21.4. The van der Waals surface area contributed by atoms with Gasteiger partial charge in [-0.25, -0.2) is 9.59 Å². The number of nitrogens with zero attached hydrogens (tertiary/aromatic N) is 1. The zero-order valence-electron chi connectivity index (χ0n) is 21.4. The third-order valence-corrected chi connectivity index (χ3v) is 6.23. The van der Waals surface area contributed by atoms with Crippen LogP contribution in [-0.4, -0.2) is 64.7 Å². The molecule has 1 saturated heterocycles. The van der Waals surface area contributed by atoms with E-state index in [-0.39, 0.29) is 23.7 Å². The molecule has 9 heteroatoms. The van der Waals surface area contributed by atoms with Gasteiger partial charge >= 0.3 is 12.1 Å². The summed E-state index contributed by atoms with van der Waals surface area (Å²) in [6, 6.07) is 7.68. The average molecular weight is 490 g/mol. The number of carbonyl (C=O) groups is 4. The molecule has 1 aliphatic rings. The van der Waals surface area contributed by atoms with E-state index >= 15 is 0 Å². The number of rotatable bonds is 9. The lowest BCUT2D eigenvalue weighted by Crippen LogP contribution is -2.54. The highest BCUT2D eigenvalue weighted by Crippen LogP contribution is 2.20. The molecular formula is C26H39N3O6. The van der Waals surface area contributed by atoms with Crippen LogP contribution in [0.5, 0.6) is 0 Å². The van der Waals surface area contributed by atoms with Crippen LogP contribution >= 0.6 is 0 Å². The van der Waals surface area contributed by atoms with Crippen molar-refractivity contribution in [2.24, 2.45) is 11.8 Å². The molecule has 0 spiro atoms. The highest BCUT2D eigenvalue weighted by atomic mass is 16.6. The number of benzene rings is 1. The van der Waals surface area contributed by atoms with Crippen LogP contribution in [0.25, 0.3) is 0 Å². The van der Waals surface area contributed by atoms with Gasteiger partial charge in [0, 0.05) is 25.4 Å². The van der Waals surface area contributed by atoms with Gasteiger partial charge in [-0.2, -0.15) is 0 Å². The van der Waals surface area contributed by atoms with Gasteiger partial charge < -0.3 is 25.4 Å². The summed E-state index contributed by atoms with van der Waals surface area (Å²) in [5.41, 5.74) is 0.208. The number of piperidine rings is 1. The van der Waals surface area contributed by atoms with Gasteiger partial charge in [0.2, 0.25) is 11.8 Å². The van der Waals surface area contributed by atoms with E-state index in [0.29, 0.717) is 38.8 Å². The molecule has 35 heavy (non-hydrogen) atoms. The molecule has 1 fully saturated rings. The van der Waals surface area contributed by atoms with Crippen LogP contribution in [0.3, 0.4) is 0 Å². The Morgan fingerprint density at radius 3 is 2.20 bits per heavy atom. The number of carboxylic acids is 1. The molecule has 1 aromatic carbocycles. The lowest BCUT2D eigenvalue weighted by Gasteiger charge is -2.34. The number of alkyl carbamates (subject to hydrolysis) is 1. The second-order valence-electron chi connectivity index (χ2n) is 10.2. The van der Waals surface area contributed by atoms with Crippen molar-refractivity contribution in [1.82, 2.24) is 15.5 Å². The Labute approximate surface area is 207 Å². The van der Waals surface area contributed by atoms with Crippen LogP contribution < -0.4 is 10.6 Å². The molecule has 0 unspecified atom stereocenters. The van der Waals surface area contributed by atoms with Crippen molar-refractivity contribution in [3.8, 4) is 0 Å². The van der Waals surface area contributed by atoms with E-state index in [1.165, 1.54) is 0 Å². The van der Waals surface area contributed by atoms with Crippen molar-refractivity contribution in [1.29, 1.82) is 0 Å². The number of carbonyl (C=O) groups excluding carboxylic acids is 3. The Hall–Kier alpha value is -3.10. The fourth-order valence-electron chi connectivity index (χ4n) is 4.04. The minimum atomic E-state index is -1.04. The van der Waals surface area contributed by atoms with Gasteiger partial charge in [-0.1, -0.05) is 50.6 Å². The highest BCUT2D eigenvalue weighted by Gasteiger charge is 2.34. The minimum absolute atomic E-state index is 0.184. The van der Waals surface area contributed by atoms with Crippen molar-refractivity contribution in [3.05, 3.63) is 35.9 Å². The standard InChI is InChI=1S/C26H39N3O6/c1-6-17(2)21(24(32)33)28-22(30)19-12-14-29(15-13-19)23(31)20(16-18-10-8-7-9-11-18)27-25(34)35-26(3,4)5/h7-11,17,19-21H,6,12-16H2,1-5H3,(H,27,34)(H,28,30)(H,32,33)/t17-,20-,21-/m0/s1. The fraction of sp³-hybridized carbons (Fsp3) is 0.615. The molecule has 0 radical (unpaired) electrons. The van der Waals surface area contributed by atoms with Crippen LogP contribution in [0.4, 0.5) is 4.79 Å². The van der Waals surface area contributed by atoms with Crippen molar-refractivity contribution < 1.29 is 29.0 Å². The van der Waals surface area contributed by atoms with Gasteiger partial charge in [-0.3, -0.25) is 9.59 Å². The van der Waals surface area contributed by atoms with Gasteiger partial charge in [-0.05, 0) is 45.1 Å². The lowest BCUT2D eigenvalue weighted by molar-refractivity contribution is -0.144. The van der Waals surface area contributed by atoms with Crippen LogP contribution in [0.1, 0.15) is 59.4 Å². The Kier molecular flexibility index (Phi) is 10.1. The van der Waals surface area contributed by atoms with Crippen LogP contribution in [-0.2, 0) is 25.5 Å². The normalized spacial score (nSPS) is 17.1. The Bertz CT molecular complexity index is 875. The Morgan fingerprint density at radius 1 is 1.09 bits per heavy atom. The van der Waals surface area contributed by atoms with Crippen LogP contribution in [0, 0.1) is 11.8 Å². The first kappa shape index (κ1) is 28.1. The number of nitrogens with one attached hydrogen (secondary N) is 2. The van der Waals surface area contributed by atoms with Gasteiger partial charge in [0.25, 0.3) is 0 Å². The summed E-state index contributed by atoms with van der Waals surface area (Å²) in [4.78, 5) is 51.7. The summed E-state index contributed by atoms with van der Waals surface area (Å²) < 4.78 is 5.35. The van der Waals surface area contributed by atoms with Gasteiger partial charge in [0.15, 0.2) is 0 Å². The van der Waals surface area contributed by atoms with Gasteiger partial charge in [0.05, 0.1) is 0 Å². The predicted octanol–water partition coefficient (Wildman–Crippen LogP) is 2.98. The topological polar surface area (TPSA) is 125 Å². The van der Waals surface area contributed by atoms with Crippen LogP contribution in [0.15, 0.2) is 30.3 Å². The molecule has 9 nitrogen and oxygen atoms in total. The maximum absolute atomic E-state index is 13.4. The molecular weight excluding hydrogens is 450 g/mol. The third-order valence-electron chi connectivity index (χ3n) is 6.23. The van der Waals surface area contributed by atoms with Gasteiger partial charge in [-0.15, -0.1) is 0 Å². The maximum atomic E-state index is 13.4. The van der Waals surface area contributed by atoms with Crippen molar-refractivity contribution in [2.45, 2.75) is 78.0 Å². The number of ether oxygens (including phenoxy) is 1. The van der Waals surface area contributed by atoms with Crippen molar-refractivity contribution in [2.75, 3.05) is 13.1 Å². The maximum Gasteiger partial charge on any atom is 0.408 e. The van der Waals surface area contributed by atoms with E-state index in [2.05, 4.69) is 10.6 Å². The predicted molar refractivity (Wildman–Crippen MR) is 132 cm³/mol. The summed E-state index contributed by atoms with van der Waals surface area (Å²) in [5, 5.41) is 14.8. The highest BCUT2D eigenvalue weighted by molar-refractivity contribution is 5.87. The molecule has 3 N–H and O–H groups in total. The summed E-state index contributed by atoms with van der Waals surface area (Å²) in [7, 11) is 0. The first-order valence-electron chi connectivity index (χ1n) is 12.3. The Morgan fingerprint density at radius 2 is 1.69 bits per heavy atom. The zero-order chi connectivity index (χ0) is 26.2. The smallest absolute Gasteiger partial charge is 0.408 e. The van der Waals surface area contributed by atoms with Crippen molar-refractivity contribution in [3.63, 3.8) is 0 Å². The van der Waals surface area contributed by atoms with E-state index < -0.39 is 29.7 Å². The second kappa shape index (κ2) is 12.6. The first-order chi connectivity index (χ1) is 16.4. The molecule has 3 amide bonds. The fourth-order valence-corrected chi connectivity index (χ4v) is 4.04. The molecule has 2 rings (SSSR count). The molecule has 194 valence electrons. The molecule has 0 aliphatic carbocycles. The van der Waals surface area contributed by atoms with E-state index in [0.717, 1.165) is 5.56 Å². The number of hydrogen-bond acceptors (Lipinski definition) is 5. The molecule has 3 atom stereocenters. The summed E-state index contributed by atoms with van der Waals surface area (Å²) in [6.07, 6.45) is 1.14. The monoisotopic (exact) mass is 489 g/mol. The first-order valence-corrected chi connectivity index (χ1v) is 12.3. The molecule has 1 heterocycles.